The van der Waals surface area contributed by atoms with Crippen molar-refractivity contribution in [1.29, 1.82) is 5.26 Å². The number of nitrogens with two attached hydrogens (primary N) is 1. The van der Waals surface area contributed by atoms with Gasteiger partial charge in [-0.25, -0.2) is 4.79 Å². The van der Waals surface area contributed by atoms with Crippen LogP contribution >= 0.6 is 28.1 Å². The molecule has 1 atom stereocenters. The number of hydrogen-bond acceptors (Lipinski definition) is 6. The zero-order chi connectivity index (χ0) is 20.1. The summed E-state index contributed by atoms with van der Waals surface area (Å²) >= 11 is 8.76. The number of nitriles is 1. The van der Waals surface area contributed by atoms with Crippen molar-refractivity contribution >= 4 is 39.7 Å². The summed E-state index contributed by atoms with van der Waals surface area (Å²) in [6, 6.07) is 9.21. The first-order valence-corrected chi connectivity index (χ1v) is 9.92. The highest BCUT2D eigenvalue weighted by atomic mass is 79.9. The number of nitrogens with zero attached hydrogens (tertiary/aromatic N) is 2. The van der Waals surface area contributed by atoms with Gasteiger partial charge >= 0.3 is 5.69 Å². The quantitative estimate of drug-likeness (QED) is 0.475. The summed E-state index contributed by atoms with van der Waals surface area (Å²) < 4.78 is 5.50. The highest BCUT2D eigenvalue weighted by Crippen LogP contribution is 2.54. The molecule has 4 rings (SSSR count). The second kappa shape index (κ2) is 6.61. The molecule has 1 spiro atoms. The number of hydrogen-bond donors (Lipinski definition) is 3. The van der Waals surface area contributed by atoms with Crippen molar-refractivity contribution in [2.75, 3.05) is 16.8 Å². The molecular formula is C18H14BrN5O3S. The molecule has 0 radical (unpaired) electrons. The zero-order valence-electron chi connectivity index (χ0n) is 14.4. The third-order valence-corrected chi connectivity index (χ3v) is 5.78. The van der Waals surface area contributed by atoms with Crippen molar-refractivity contribution in [3.63, 3.8) is 0 Å². The van der Waals surface area contributed by atoms with Gasteiger partial charge < -0.3 is 15.4 Å². The molecule has 0 saturated heterocycles. The molecule has 3 heterocycles. The number of H-pyrrole nitrogens is 2. The van der Waals surface area contributed by atoms with Gasteiger partial charge in [0, 0.05) is 23.1 Å². The van der Waals surface area contributed by atoms with Crippen molar-refractivity contribution in [3.8, 4) is 11.9 Å². The summed E-state index contributed by atoms with van der Waals surface area (Å²) in [5.74, 6) is -0.627. The van der Waals surface area contributed by atoms with Gasteiger partial charge in [-0.15, -0.1) is 0 Å². The van der Waals surface area contributed by atoms with E-state index in [2.05, 4.69) is 25.9 Å². The Morgan fingerprint density at radius 3 is 2.79 bits per heavy atom. The number of carbonyl (C=O) groups is 1. The maximum atomic E-state index is 13.8. The molecule has 2 aliphatic rings. The molecule has 0 bridgehead atoms. The van der Waals surface area contributed by atoms with E-state index in [1.165, 1.54) is 0 Å². The van der Waals surface area contributed by atoms with Gasteiger partial charge in [-0.05, 0) is 12.5 Å². The summed E-state index contributed by atoms with van der Waals surface area (Å²) in [7, 11) is 0. The van der Waals surface area contributed by atoms with Crippen LogP contribution in [0.4, 0.5) is 5.69 Å². The van der Waals surface area contributed by atoms with E-state index in [1.807, 2.05) is 18.2 Å². The van der Waals surface area contributed by atoms with E-state index >= 15 is 0 Å². The number of aromatic amines is 2. The topological polar surface area (TPSA) is 128 Å². The number of benzene rings is 1. The van der Waals surface area contributed by atoms with E-state index in [0.29, 0.717) is 29.5 Å². The third kappa shape index (κ3) is 2.30. The molecule has 2 aromatic rings. The smallest absolute Gasteiger partial charge is 0.326 e. The number of carbonyl (C=O) groups excluding carboxylic acids is 1. The number of halogens is 1. The molecule has 1 aromatic heterocycles. The summed E-state index contributed by atoms with van der Waals surface area (Å²) in [5.41, 5.74) is 5.25. The van der Waals surface area contributed by atoms with Gasteiger partial charge in [0.05, 0.1) is 5.56 Å². The predicted octanol–water partition coefficient (Wildman–Crippen LogP) is 1.94. The average molecular weight is 460 g/mol. The van der Waals surface area contributed by atoms with Gasteiger partial charge in [0.2, 0.25) is 17.7 Å². The van der Waals surface area contributed by atoms with Crippen LogP contribution < -0.4 is 21.1 Å². The molecule has 0 fully saturated rings. The normalized spacial score (nSPS) is 20.0. The molecule has 142 valence electrons. The maximum Gasteiger partial charge on any atom is 0.326 e. The molecule has 0 saturated carbocycles. The van der Waals surface area contributed by atoms with Crippen LogP contribution in [0.1, 0.15) is 17.5 Å². The lowest BCUT2D eigenvalue weighted by atomic mass is 9.70. The molecule has 4 N–H and O–H groups in total. The summed E-state index contributed by atoms with van der Waals surface area (Å²) in [4.78, 5) is 32.3. The second-order valence-corrected chi connectivity index (χ2v) is 7.53. The van der Waals surface area contributed by atoms with Gasteiger partial charge in [-0.2, -0.15) is 5.26 Å². The van der Waals surface area contributed by atoms with Gasteiger partial charge in [0.1, 0.15) is 21.7 Å². The highest BCUT2D eigenvalue weighted by molar-refractivity contribution is 9.09. The number of alkyl halides is 1. The minimum absolute atomic E-state index is 0.0181. The molecule has 0 aliphatic carbocycles. The zero-order valence-corrected chi connectivity index (χ0v) is 16.8. The number of ether oxygens (including phenoxy) is 1. The van der Waals surface area contributed by atoms with Gasteiger partial charge in [-0.1, -0.05) is 46.3 Å². The fourth-order valence-electron chi connectivity index (χ4n) is 3.87. The van der Waals surface area contributed by atoms with Crippen molar-refractivity contribution in [3.05, 3.63) is 62.0 Å². The molecule has 1 aromatic carbocycles. The first-order chi connectivity index (χ1) is 13.5. The number of para-hydroxylation sites is 1. The van der Waals surface area contributed by atoms with Crippen molar-refractivity contribution < 1.29 is 9.53 Å². The number of amides is 1. The van der Waals surface area contributed by atoms with E-state index in [1.54, 1.807) is 17.0 Å². The fraction of sp³-hybridized carbons (Fsp3) is 0.222. The molecule has 1 amide bonds. The monoisotopic (exact) mass is 459 g/mol. The lowest BCUT2D eigenvalue weighted by molar-refractivity contribution is -0.121. The van der Waals surface area contributed by atoms with Crippen LogP contribution in [0.3, 0.4) is 0 Å². The van der Waals surface area contributed by atoms with Crippen molar-refractivity contribution in [1.82, 2.24) is 9.97 Å². The van der Waals surface area contributed by atoms with E-state index in [0.717, 1.165) is 0 Å². The summed E-state index contributed by atoms with van der Waals surface area (Å²) in [6.45, 7) is 0.442. The fourth-order valence-corrected chi connectivity index (χ4v) is 4.46. The molecule has 10 heteroatoms. The number of aromatic nitrogens is 2. The molecule has 2 aliphatic heterocycles. The number of nitrogens with one attached hydrogen (secondary N) is 2. The van der Waals surface area contributed by atoms with Gasteiger partial charge in [-0.3, -0.25) is 14.8 Å². The van der Waals surface area contributed by atoms with Crippen LogP contribution in [0.15, 0.2) is 40.5 Å². The molecule has 28 heavy (non-hydrogen) atoms. The first-order valence-electron chi connectivity index (χ1n) is 8.39. The third-order valence-electron chi connectivity index (χ3n) is 4.91. The summed E-state index contributed by atoms with van der Waals surface area (Å²) in [6.07, 6.45) is 0.707. The number of rotatable bonds is 3. The van der Waals surface area contributed by atoms with E-state index < -0.39 is 11.1 Å². The number of anilines is 1. The average Bonchev–Trinajstić information content (AvgIpc) is 2.89. The Bertz CT molecular complexity index is 1190. The molecular weight excluding hydrogens is 446 g/mol. The van der Waals surface area contributed by atoms with E-state index in [-0.39, 0.29) is 33.4 Å². The van der Waals surface area contributed by atoms with Crippen molar-refractivity contribution in [2.24, 2.45) is 5.73 Å². The Balaban J connectivity index is 2.14. The minimum Gasteiger partial charge on any atom is -0.424 e. The first kappa shape index (κ1) is 18.5. The van der Waals surface area contributed by atoms with Crippen LogP contribution in [0.25, 0.3) is 0 Å². The molecule has 8 nitrogen and oxygen atoms in total. The Morgan fingerprint density at radius 2 is 2.07 bits per heavy atom. The second-order valence-electron chi connectivity index (χ2n) is 6.33. The lowest BCUT2D eigenvalue weighted by Gasteiger charge is -2.33. The van der Waals surface area contributed by atoms with Crippen LogP contribution in [0.2, 0.25) is 0 Å². The van der Waals surface area contributed by atoms with Gasteiger partial charge in [0.15, 0.2) is 0 Å². The van der Waals surface area contributed by atoms with Gasteiger partial charge in [0.25, 0.3) is 0 Å². The van der Waals surface area contributed by atoms with E-state index in [9.17, 15) is 14.9 Å². The largest absolute Gasteiger partial charge is 0.424 e. The SMILES string of the molecule is N#CC1=C(N)Oc2[nH]c(=O)[nH]c(=S)c2C12C(=O)N(CCCBr)c1ccccc12. The van der Waals surface area contributed by atoms with Crippen LogP contribution in [-0.2, 0) is 10.2 Å². The highest BCUT2D eigenvalue weighted by Gasteiger charge is 2.60. The number of fused-ring (bicyclic) bond motifs is 4. The Morgan fingerprint density at radius 1 is 1.32 bits per heavy atom. The Kier molecular flexibility index (Phi) is 4.36. The summed E-state index contributed by atoms with van der Waals surface area (Å²) in [5, 5.41) is 10.6. The van der Waals surface area contributed by atoms with E-state index in [4.69, 9.17) is 22.7 Å². The lowest BCUT2D eigenvalue weighted by Crippen LogP contribution is -2.47. The maximum absolute atomic E-state index is 13.8. The Hall–Kier alpha value is -2.90. The predicted molar refractivity (Wildman–Crippen MR) is 108 cm³/mol. The van der Waals surface area contributed by atoms with Crippen molar-refractivity contribution in [2.45, 2.75) is 11.8 Å². The Labute approximate surface area is 172 Å². The minimum atomic E-state index is -1.58. The van der Waals surface area contributed by atoms with Crippen LogP contribution in [0, 0.1) is 16.0 Å². The van der Waals surface area contributed by atoms with Crippen LogP contribution in [-0.4, -0.2) is 27.7 Å². The molecule has 1 unspecified atom stereocenters. The standard InChI is InChI=1S/C18H14BrN5O3S/c19-6-3-7-24-11-5-2-1-4-9(11)18(16(24)25)10(8-20)13(21)27-14-12(18)15(28)23-17(26)22-14/h1-2,4-5H,3,6-7,21H2,(H2,22,23,26,28). The van der Waals surface area contributed by atoms with Crippen LogP contribution in [0.5, 0.6) is 5.88 Å².